The molecule has 0 atom stereocenters. The van der Waals surface area contributed by atoms with E-state index in [1.807, 2.05) is 20.8 Å². The van der Waals surface area contributed by atoms with Gasteiger partial charge in [0.15, 0.2) is 9.84 Å². The van der Waals surface area contributed by atoms with E-state index in [2.05, 4.69) is 10.4 Å². The quantitative estimate of drug-likeness (QED) is 0.840. The maximum atomic E-state index is 12.9. The van der Waals surface area contributed by atoms with Crippen molar-refractivity contribution in [2.75, 3.05) is 24.3 Å². The van der Waals surface area contributed by atoms with E-state index in [-0.39, 0.29) is 17.1 Å². The van der Waals surface area contributed by atoms with Crippen molar-refractivity contribution in [1.82, 2.24) is 9.78 Å². The third-order valence-corrected chi connectivity index (χ3v) is 7.66. The van der Waals surface area contributed by atoms with Gasteiger partial charge in [0.2, 0.25) is 5.91 Å². The lowest BCUT2D eigenvalue weighted by atomic mass is 9.92. The average molecular weight is 386 g/mol. The molecule has 1 aliphatic rings. The van der Waals surface area contributed by atoms with Gasteiger partial charge < -0.3 is 10.1 Å². The van der Waals surface area contributed by atoms with Crippen LogP contribution >= 0.6 is 0 Å². The second-order valence-electron chi connectivity index (χ2n) is 8.59. The number of sulfone groups is 1. The van der Waals surface area contributed by atoms with Crippen LogP contribution < -0.4 is 5.32 Å². The molecule has 0 radical (unpaired) electrons. The van der Waals surface area contributed by atoms with E-state index in [1.165, 1.54) is 13.8 Å². The monoisotopic (exact) mass is 385 g/mol. The zero-order valence-corrected chi connectivity index (χ0v) is 17.4. The Labute approximate surface area is 156 Å². The second-order valence-corrected chi connectivity index (χ2v) is 11.2. The van der Waals surface area contributed by atoms with E-state index >= 15 is 0 Å². The van der Waals surface area contributed by atoms with Crippen LogP contribution in [0.25, 0.3) is 0 Å². The first kappa shape index (κ1) is 20.9. The Morgan fingerprint density at radius 3 is 2.35 bits per heavy atom. The van der Waals surface area contributed by atoms with Gasteiger partial charge >= 0.3 is 0 Å². The smallest absolute Gasteiger partial charge is 0.246 e. The molecule has 148 valence electrons. The van der Waals surface area contributed by atoms with E-state index < -0.39 is 20.5 Å². The third-order valence-electron chi connectivity index (χ3n) is 5.01. The molecule has 1 aromatic heterocycles. The summed E-state index contributed by atoms with van der Waals surface area (Å²) in [6, 6.07) is 1.79. The molecule has 0 saturated carbocycles. The Hall–Kier alpha value is -1.41. The number of hydrogen-bond donors (Lipinski definition) is 1. The average Bonchev–Trinajstić information content (AvgIpc) is 2.89. The zero-order valence-electron chi connectivity index (χ0n) is 16.6. The molecule has 1 amide bonds. The topological polar surface area (TPSA) is 90.3 Å². The van der Waals surface area contributed by atoms with Crippen molar-refractivity contribution in [1.29, 1.82) is 0 Å². The van der Waals surface area contributed by atoms with Crippen LogP contribution in [-0.2, 0) is 31.8 Å². The van der Waals surface area contributed by atoms with E-state index in [9.17, 15) is 13.2 Å². The normalized spacial score (nSPS) is 17.3. The van der Waals surface area contributed by atoms with Crippen molar-refractivity contribution < 1.29 is 17.9 Å². The molecular weight excluding hydrogens is 354 g/mol. The lowest BCUT2D eigenvalue weighted by Gasteiger charge is -2.28. The minimum absolute atomic E-state index is 0.00933. The summed E-state index contributed by atoms with van der Waals surface area (Å²) in [5.41, 5.74) is 0.670. The molecule has 1 aromatic rings. The van der Waals surface area contributed by atoms with Crippen LogP contribution in [0.5, 0.6) is 0 Å². The lowest BCUT2D eigenvalue weighted by Crippen LogP contribution is -2.47. The fourth-order valence-electron chi connectivity index (χ4n) is 2.79. The van der Waals surface area contributed by atoms with Gasteiger partial charge in [-0.2, -0.15) is 5.10 Å². The van der Waals surface area contributed by atoms with Gasteiger partial charge in [0.05, 0.1) is 11.4 Å². The Balaban J connectivity index is 2.15. The summed E-state index contributed by atoms with van der Waals surface area (Å²) in [7, 11) is -1.88. The summed E-state index contributed by atoms with van der Waals surface area (Å²) in [6.07, 6.45) is 1.43. The lowest BCUT2D eigenvalue weighted by molar-refractivity contribution is -0.117. The molecule has 1 fully saturated rings. The summed E-state index contributed by atoms with van der Waals surface area (Å²) >= 11 is 0. The maximum Gasteiger partial charge on any atom is 0.246 e. The van der Waals surface area contributed by atoms with Crippen molar-refractivity contribution in [2.45, 2.75) is 57.6 Å². The Kier molecular flexibility index (Phi) is 5.87. The first-order chi connectivity index (χ1) is 11.8. The molecule has 0 aromatic carbocycles. The van der Waals surface area contributed by atoms with Crippen LogP contribution in [0.2, 0.25) is 0 Å². The highest BCUT2D eigenvalue weighted by Crippen LogP contribution is 2.27. The van der Waals surface area contributed by atoms with E-state index in [0.717, 1.165) is 5.69 Å². The highest BCUT2D eigenvalue weighted by atomic mass is 32.2. The third kappa shape index (κ3) is 4.46. The van der Waals surface area contributed by atoms with Gasteiger partial charge in [0.1, 0.15) is 10.6 Å². The van der Waals surface area contributed by atoms with Crippen LogP contribution in [0.3, 0.4) is 0 Å². The summed E-state index contributed by atoms with van der Waals surface area (Å²) in [6.45, 7) is 10.2. The van der Waals surface area contributed by atoms with E-state index in [0.29, 0.717) is 31.9 Å². The molecule has 0 spiro atoms. The number of rotatable bonds is 5. The van der Waals surface area contributed by atoms with Crippen LogP contribution in [0.4, 0.5) is 5.82 Å². The number of carbonyl (C=O) groups excluding carboxylic acids is 1. The first-order valence-electron chi connectivity index (χ1n) is 9.00. The number of nitrogens with zero attached hydrogens (tertiary/aromatic N) is 2. The molecule has 0 bridgehead atoms. The largest absolute Gasteiger partial charge is 0.381 e. The summed E-state index contributed by atoms with van der Waals surface area (Å²) < 4.78 is 31.1. The fourth-order valence-corrected chi connectivity index (χ4v) is 4.49. The number of aromatic nitrogens is 2. The van der Waals surface area contributed by atoms with Crippen LogP contribution in [0.15, 0.2) is 6.07 Å². The van der Waals surface area contributed by atoms with Gasteiger partial charge in [-0.3, -0.25) is 9.48 Å². The molecule has 2 rings (SSSR count). The molecule has 1 saturated heterocycles. The van der Waals surface area contributed by atoms with Crippen LogP contribution in [0.1, 0.15) is 53.2 Å². The molecule has 1 N–H and O–H groups in total. The minimum atomic E-state index is -3.61. The highest BCUT2D eigenvalue weighted by Gasteiger charge is 2.43. The maximum absolute atomic E-state index is 12.9. The zero-order chi connectivity index (χ0) is 19.8. The van der Waals surface area contributed by atoms with Crippen molar-refractivity contribution in [3.63, 3.8) is 0 Å². The molecule has 8 heteroatoms. The molecule has 0 unspecified atom stereocenters. The van der Waals surface area contributed by atoms with Gasteiger partial charge in [-0.15, -0.1) is 0 Å². The number of amides is 1. The van der Waals surface area contributed by atoms with Gasteiger partial charge in [0, 0.05) is 31.7 Å². The Morgan fingerprint density at radius 1 is 1.27 bits per heavy atom. The molecule has 0 aliphatic carbocycles. The number of ether oxygens (including phenoxy) is 1. The van der Waals surface area contributed by atoms with Gasteiger partial charge in [-0.25, -0.2) is 8.42 Å². The van der Waals surface area contributed by atoms with Gasteiger partial charge in [-0.1, -0.05) is 20.8 Å². The highest BCUT2D eigenvalue weighted by molar-refractivity contribution is 7.93. The van der Waals surface area contributed by atoms with Crippen LogP contribution in [0, 0.1) is 5.92 Å². The van der Waals surface area contributed by atoms with Crippen molar-refractivity contribution in [3.05, 3.63) is 11.8 Å². The standard InChI is InChI=1S/C18H31N3O4S/c1-17(2,3)14-11-15(21(6)20-14)19-16(22)18(4,5)26(23,24)12-13-7-9-25-10-8-13/h11,13H,7-10,12H2,1-6H3,(H,19,22). The number of anilines is 1. The molecule has 7 nitrogen and oxygen atoms in total. The van der Waals surface area contributed by atoms with Crippen molar-refractivity contribution in [2.24, 2.45) is 13.0 Å². The summed E-state index contributed by atoms with van der Waals surface area (Å²) in [5.74, 6) is 0.0161. The molecule has 2 heterocycles. The Bertz CT molecular complexity index is 754. The fraction of sp³-hybridized carbons (Fsp3) is 0.778. The molecule has 1 aliphatic heterocycles. The van der Waals surface area contributed by atoms with Crippen molar-refractivity contribution >= 4 is 21.6 Å². The summed E-state index contributed by atoms with van der Waals surface area (Å²) in [4.78, 5) is 12.8. The second kappa shape index (κ2) is 7.31. The van der Waals surface area contributed by atoms with Crippen molar-refractivity contribution in [3.8, 4) is 0 Å². The van der Waals surface area contributed by atoms with Gasteiger partial charge in [0.25, 0.3) is 0 Å². The summed E-state index contributed by atoms with van der Waals surface area (Å²) in [5, 5.41) is 7.16. The predicted octanol–water partition coefficient (Wildman–Crippen LogP) is 2.28. The Morgan fingerprint density at radius 2 is 1.85 bits per heavy atom. The van der Waals surface area contributed by atoms with Crippen LogP contribution in [-0.4, -0.2) is 47.8 Å². The number of carbonyl (C=O) groups is 1. The predicted molar refractivity (Wildman–Crippen MR) is 102 cm³/mol. The number of nitrogens with one attached hydrogen (secondary N) is 1. The van der Waals surface area contributed by atoms with E-state index in [1.54, 1.807) is 17.8 Å². The first-order valence-corrected chi connectivity index (χ1v) is 10.7. The molecule has 26 heavy (non-hydrogen) atoms. The molecular formula is C18H31N3O4S. The van der Waals surface area contributed by atoms with E-state index in [4.69, 9.17) is 4.74 Å². The SMILES string of the molecule is Cn1nc(C(C)(C)C)cc1NC(=O)C(C)(C)S(=O)(=O)CC1CCOCC1. The minimum Gasteiger partial charge on any atom is -0.381 e. The number of aryl methyl sites for hydroxylation is 1. The number of hydrogen-bond acceptors (Lipinski definition) is 5. The van der Waals surface area contributed by atoms with Gasteiger partial charge in [-0.05, 0) is 32.6 Å².